The fraction of sp³-hybridized carbons (Fsp3) is 0.500. The Labute approximate surface area is 44.4 Å². The van der Waals surface area contributed by atoms with Gasteiger partial charge in [0.15, 0.2) is 0 Å². The molecule has 1 heterocycles. The van der Waals surface area contributed by atoms with E-state index in [2.05, 4.69) is 18.3 Å². The van der Waals surface area contributed by atoms with Gasteiger partial charge in [-0.2, -0.15) is 0 Å². The Morgan fingerprint density at radius 3 is 2.86 bits per heavy atom. The predicted octanol–water partition coefficient (Wildman–Crippen LogP) is 0.740. The zero-order valence-electron chi connectivity index (χ0n) is 4.41. The first-order valence-electron chi connectivity index (χ1n) is 2.61. The summed E-state index contributed by atoms with van der Waals surface area (Å²) in [6.07, 6.45) is 3.25. The zero-order valence-corrected chi connectivity index (χ0v) is 4.41. The molecule has 0 saturated heterocycles. The van der Waals surface area contributed by atoms with E-state index >= 15 is 0 Å². The van der Waals surface area contributed by atoms with Gasteiger partial charge in [-0.15, -0.1) is 0 Å². The molecule has 0 aromatic rings. The van der Waals surface area contributed by atoms with E-state index in [-0.39, 0.29) is 0 Å². The van der Waals surface area contributed by atoms with Gasteiger partial charge >= 0.3 is 0 Å². The second kappa shape index (κ2) is 2.12. The highest BCUT2D eigenvalue weighted by atomic mass is 14.8. The second-order valence-corrected chi connectivity index (χ2v) is 1.82. The Morgan fingerprint density at radius 2 is 2.57 bits per heavy atom. The molecule has 0 aromatic carbocycles. The zero-order chi connectivity index (χ0) is 5.11. The van der Waals surface area contributed by atoms with Crippen molar-refractivity contribution in [3.63, 3.8) is 0 Å². The topological polar surface area (TPSA) is 12.0 Å². The molecule has 39 valence electrons. The molecule has 0 atom stereocenters. The summed E-state index contributed by atoms with van der Waals surface area (Å²) >= 11 is 0. The summed E-state index contributed by atoms with van der Waals surface area (Å²) in [5.74, 6) is 0. The van der Waals surface area contributed by atoms with E-state index in [0.717, 1.165) is 19.5 Å². The third-order valence-corrected chi connectivity index (χ3v) is 1.16. The smallest absolute Gasteiger partial charge is 0.0137 e. The van der Waals surface area contributed by atoms with E-state index < -0.39 is 0 Å². The Hall–Kier alpha value is -0.300. The van der Waals surface area contributed by atoms with Crippen molar-refractivity contribution in [3.05, 3.63) is 18.6 Å². The molecule has 0 aromatic heterocycles. The summed E-state index contributed by atoms with van der Waals surface area (Å²) < 4.78 is 0. The lowest BCUT2D eigenvalue weighted by Gasteiger charge is -2.07. The van der Waals surface area contributed by atoms with Gasteiger partial charge < -0.3 is 5.32 Å². The van der Waals surface area contributed by atoms with Crippen molar-refractivity contribution >= 4 is 0 Å². The molecular weight excluding hydrogens is 86.1 g/mol. The average Bonchev–Trinajstić information content (AvgIpc) is 1.69. The van der Waals surface area contributed by atoms with Crippen LogP contribution in [0.25, 0.3) is 0 Å². The molecule has 1 N–H and O–H groups in total. The van der Waals surface area contributed by atoms with Gasteiger partial charge in [0, 0.05) is 6.54 Å². The Bertz CT molecular complexity index is 84.2. The summed E-state index contributed by atoms with van der Waals surface area (Å²) in [7, 11) is 0. The monoisotopic (exact) mass is 96.1 g/mol. The van der Waals surface area contributed by atoms with Crippen LogP contribution in [0, 0.1) is 6.92 Å². The van der Waals surface area contributed by atoms with E-state index in [1.807, 2.05) is 0 Å². The van der Waals surface area contributed by atoms with E-state index in [9.17, 15) is 0 Å². The lowest BCUT2D eigenvalue weighted by molar-refractivity contribution is 0.712. The molecule has 0 bridgehead atoms. The molecule has 1 aliphatic heterocycles. The van der Waals surface area contributed by atoms with Crippen LogP contribution in [-0.2, 0) is 0 Å². The normalized spacial score (nSPS) is 21.6. The lowest BCUT2D eigenvalue weighted by Crippen LogP contribution is -2.19. The van der Waals surface area contributed by atoms with E-state index in [1.165, 1.54) is 5.57 Å². The molecule has 1 heteroatoms. The van der Waals surface area contributed by atoms with Gasteiger partial charge in [0.2, 0.25) is 0 Å². The SMILES string of the molecule is [CH2]C1=CCNCC1. The van der Waals surface area contributed by atoms with Crippen LogP contribution in [0.15, 0.2) is 11.6 Å². The average molecular weight is 96.2 g/mol. The van der Waals surface area contributed by atoms with Crippen molar-refractivity contribution in [3.8, 4) is 0 Å². The number of nitrogens with one attached hydrogen (secondary N) is 1. The molecule has 1 aliphatic rings. The molecular formula is C6H10N. The van der Waals surface area contributed by atoms with Crippen LogP contribution in [0.1, 0.15) is 6.42 Å². The number of rotatable bonds is 0. The largest absolute Gasteiger partial charge is 0.313 e. The molecule has 0 unspecified atom stereocenters. The highest BCUT2D eigenvalue weighted by Crippen LogP contribution is 1.99. The minimum absolute atomic E-state index is 1.01. The van der Waals surface area contributed by atoms with Gasteiger partial charge in [0.1, 0.15) is 0 Å². The molecule has 1 nitrogen and oxygen atoms in total. The minimum Gasteiger partial charge on any atom is -0.313 e. The molecule has 0 amide bonds. The van der Waals surface area contributed by atoms with Crippen LogP contribution in [0.3, 0.4) is 0 Å². The van der Waals surface area contributed by atoms with Gasteiger partial charge in [0.05, 0.1) is 0 Å². The molecule has 7 heavy (non-hydrogen) atoms. The van der Waals surface area contributed by atoms with E-state index in [1.54, 1.807) is 0 Å². The van der Waals surface area contributed by atoms with Crippen LogP contribution in [0.2, 0.25) is 0 Å². The van der Waals surface area contributed by atoms with E-state index in [4.69, 9.17) is 0 Å². The fourth-order valence-electron chi connectivity index (χ4n) is 0.670. The summed E-state index contributed by atoms with van der Waals surface area (Å²) in [5, 5.41) is 3.20. The van der Waals surface area contributed by atoms with Crippen molar-refractivity contribution < 1.29 is 0 Å². The maximum Gasteiger partial charge on any atom is 0.0137 e. The number of hydrogen-bond acceptors (Lipinski definition) is 1. The first-order chi connectivity index (χ1) is 3.39. The van der Waals surface area contributed by atoms with Crippen molar-refractivity contribution in [1.82, 2.24) is 5.32 Å². The molecule has 0 fully saturated rings. The van der Waals surface area contributed by atoms with Gasteiger partial charge in [-0.3, -0.25) is 0 Å². The number of hydrogen-bond donors (Lipinski definition) is 1. The summed E-state index contributed by atoms with van der Waals surface area (Å²) in [4.78, 5) is 0. The standard InChI is InChI=1S/C6H10N/c1-6-2-4-7-5-3-6/h2,7H,1,3-5H2. The van der Waals surface area contributed by atoms with Crippen LogP contribution in [0.5, 0.6) is 0 Å². The summed E-state index contributed by atoms with van der Waals surface area (Å²) in [5.41, 5.74) is 1.28. The third-order valence-electron chi connectivity index (χ3n) is 1.16. The highest BCUT2D eigenvalue weighted by Gasteiger charge is 1.93. The van der Waals surface area contributed by atoms with Gasteiger partial charge in [-0.05, 0) is 19.9 Å². The molecule has 1 rings (SSSR count). The van der Waals surface area contributed by atoms with Gasteiger partial charge in [-0.1, -0.05) is 11.6 Å². The third kappa shape index (κ3) is 1.32. The van der Waals surface area contributed by atoms with Crippen LogP contribution in [0.4, 0.5) is 0 Å². The van der Waals surface area contributed by atoms with Crippen molar-refractivity contribution in [2.75, 3.05) is 13.1 Å². The molecule has 0 aliphatic carbocycles. The Kier molecular flexibility index (Phi) is 1.47. The fourth-order valence-corrected chi connectivity index (χ4v) is 0.670. The van der Waals surface area contributed by atoms with Gasteiger partial charge in [-0.25, -0.2) is 0 Å². The van der Waals surface area contributed by atoms with Gasteiger partial charge in [0.25, 0.3) is 0 Å². The minimum atomic E-state index is 1.01. The first-order valence-corrected chi connectivity index (χ1v) is 2.61. The van der Waals surface area contributed by atoms with Crippen LogP contribution in [-0.4, -0.2) is 13.1 Å². The Morgan fingerprint density at radius 1 is 1.71 bits per heavy atom. The highest BCUT2D eigenvalue weighted by molar-refractivity contribution is 5.08. The van der Waals surface area contributed by atoms with Crippen molar-refractivity contribution in [1.29, 1.82) is 0 Å². The second-order valence-electron chi connectivity index (χ2n) is 1.82. The maximum atomic E-state index is 3.82. The predicted molar refractivity (Wildman–Crippen MR) is 30.9 cm³/mol. The van der Waals surface area contributed by atoms with Crippen LogP contribution >= 0.6 is 0 Å². The van der Waals surface area contributed by atoms with E-state index in [0.29, 0.717) is 0 Å². The Balaban J connectivity index is 2.40. The first kappa shape index (κ1) is 4.85. The van der Waals surface area contributed by atoms with Crippen molar-refractivity contribution in [2.45, 2.75) is 6.42 Å². The summed E-state index contributed by atoms with van der Waals surface area (Å²) in [6.45, 7) is 5.94. The molecule has 0 saturated carbocycles. The van der Waals surface area contributed by atoms with Crippen LogP contribution < -0.4 is 5.32 Å². The lowest BCUT2D eigenvalue weighted by atomic mass is 10.1. The van der Waals surface area contributed by atoms with Crippen molar-refractivity contribution in [2.24, 2.45) is 0 Å². The molecule has 1 radical (unpaired) electrons. The summed E-state index contributed by atoms with van der Waals surface area (Å²) in [6, 6.07) is 0. The quantitative estimate of drug-likeness (QED) is 0.469. The maximum absolute atomic E-state index is 3.82. The molecule has 0 spiro atoms.